The molecule has 1 aliphatic rings. The molecule has 27 heavy (non-hydrogen) atoms. The van der Waals surface area contributed by atoms with E-state index in [1.807, 2.05) is 30.0 Å². The first-order valence-corrected chi connectivity index (χ1v) is 9.53. The summed E-state index contributed by atoms with van der Waals surface area (Å²) < 4.78 is 13.7. The Morgan fingerprint density at radius 3 is 2.63 bits per heavy atom. The Bertz CT molecular complexity index is 798. The number of pyridine rings is 1. The zero-order valence-corrected chi connectivity index (χ0v) is 16.5. The number of nitrogens with zero attached hydrogens (tertiary/aromatic N) is 3. The maximum Gasteiger partial charge on any atom is 0.236 e. The van der Waals surface area contributed by atoms with Gasteiger partial charge in [0.25, 0.3) is 0 Å². The molecule has 1 atom stereocenters. The smallest absolute Gasteiger partial charge is 0.236 e. The molecule has 8 heteroatoms. The summed E-state index contributed by atoms with van der Waals surface area (Å²) in [4.78, 5) is 20.8. The van der Waals surface area contributed by atoms with Crippen molar-refractivity contribution in [2.45, 2.75) is 13.0 Å². The molecule has 0 bridgehead atoms. The second kappa shape index (κ2) is 8.87. The predicted molar refractivity (Wildman–Crippen MR) is 106 cm³/mol. The number of hydrogen-bond donors (Lipinski definition) is 1. The van der Waals surface area contributed by atoms with E-state index in [0.717, 1.165) is 18.9 Å². The fourth-order valence-electron chi connectivity index (χ4n) is 3.06. The molecule has 0 unspecified atom stereocenters. The number of rotatable bonds is 5. The molecule has 2 heterocycles. The van der Waals surface area contributed by atoms with Crippen molar-refractivity contribution in [3.05, 3.63) is 58.0 Å². The normalized spacial score (nSPS) is 15.7. The van der Waals surface area contributed by atoms with E-state index in [4.69, 9.17) is 23.2 Å². The Hall–Kier alpha value is -1.89. The van der Waals surface area contributed by atoms with E-state index in [-0.39, 0.29) is 23.5 Å². The van der Waals surface area contributed by atoms with Gasteiger partial charge in [-0.15, -0.1) is 0 Å². The first-order valence-electron chi connectivity index (χ1n) is 8.77. The molecule has 5 nitrogen and oxygen atoms in total. The van der Waals surface area contributed by atoms with Crippen molar-refractivity contribution in [1.29, 1.82) is 0 Å². The maximum absolute atomic E-state index is 13.7. The maximum atomic E-state index is 13.7. The van der Waals surface area contributed by atoms with Crippen molar-refractivity contribution < 1.29 is 9.18 Å². The van der Waals surface area contributed by atoms with E-state index < -0.39 is 5.82 Å². The molecule has 1 fully saturated rings. The van der Waals surface area contributed by atoms with Gasteiger partial charge in [0.2, 0.25) is 5.91 Å². The third-order valence-corrected chi connectivity index (χ3v) is 5.29. The van der Waals surface area contributed by atoms with Gasteiger partial charge in [0.05, 0.1) is 11.6 Å². The molecule has 1 aromatic carbocycles. The van der Waals surface area contributed by atoms with Crippen LogP contribution in [0.4, 0.5) is 10.2 Å². The van der Waals surface area contributed by atoms with Crippen LogP contribution in [-0.2, 0) is 4.79 Å². The van der Waals surface area contributed by atoms with Gasteiger partial charge in [0.1, 0.15) is 11.6 Å². The average Bonchev–Trinajstić information content (AvgIpc) is 2.69. The Kier molecular flexibility index (Phi) is 6.52. The van der Waals surface area contributed by atoms with Gasteiger partial charge < -0.3 is 15.1 Å². The second-order valence-corrected chi connectivity index (χ2v) is 7.26. The van der Waals surface area contributed by atoms with Crippen LogP contribution in [0, 0.1) is 5.82 Å². The molecule has 144 valence electrons. The van der Waals surface area contributed by atoms with Crippen LogP contribution in [0.3, 0.4) is 0 Å². The number of aromatic nitrogens is 1. The van der Waals surface area contributed by atoms with Crippen molar-refractivity contribution in [2.24, 2.45) is 0 Å². The van der Waals surface area contributed by atoms with Gasteiger partial charge in [-0.3, -0.25) is 4.79 Å². The van der Waals surface area contributed by atoms with Crippen molar-refractivity contribution in [3.8, 4) is 0 Å². The summed E-state index contributed by atoms with van der Waals surface area (Å²) >= 11 is 11.9. The second-order valence-electron chi connectivity index (χ2n) is 6.45. The molecule has 1 N–H and O–H groups in total. The molecular formula is C19H21Cl2FN4O. The lowest BCUT2D eigenvalue weighted by molar-refractivity contribution is -0.130. The van der Waals surface area contributed by atoms with Gasteiger partial charge >= 0.3 is 0 Å². The van der Waals surface area contributed by atoms with E-state index in [1.165, 1.54) is 12.1 Å². The minimum absolute atomic E-state index is 0.00748. The molecule has 1 aliphatic heterocycles. The summed E-state index contributed by atoms with van der Waals surface area (Å²) in [6.45, 7) is 4.76. The summed E-state index contributed by atoms with van der Waals surface area (Å²) in [5.74, 6) is 0.408. The van der Waals surface area contributed by atoms with E-state index in [1.54, 1.807) is 6.20 Å². The number of carbonyl (C=O) groups is 1. The molecule has 0 saturated carbocycles. The predicted octanol–water partition coefficient (Wildman–Crippen LogP) is 3.53. The number of hydrogen-bond acceptors (Lipinski definition) is 4. The number of anilines is 1. The first kappa shape index (κ1) is 19.9. The molecule has 1 aromatic heterocycles. The molecule has 3 rings (SSSR count). The molecule has 1 amide bonds. The van der Waals surface area contributed by atoms with Crippen LogP contribution in [-0.4, -0.2) is 48.5 Å². The number of amides is 1. The van der Waals surface area contributed by atoms with Crippen LogP contribution < -0.4 is 10.2 Å². The number of benzene rings is 1. The summed E-state index contributed by atoms with van der Waals surface area (Å²) in [6.07, 6.45) is 1.77. The number of halogens is 3. The minimum Gasteiger partial charge on any atom is -0.353 e. The summed E-state index contributed by atoms with van der Waals surface area (Å²) in [6, 6.07) is 8.21. The van der Waals surface area contributed by atoms with Crippen LogP contribution >= 0.6 is 23.2 Å². The number of nitrogens with one attached hydrogen (secondary N) is 1. The van der Waals surface area contributed by atoms with Gasteiger partial charge in [0, 0.05) is 43.4 Å². The van der Waals surface area contributed by atoms with E-state index in [2.05, 4.69) is 15.2 Å². The number of piperazine rings is 1. The Morgan fingerprint density at radius 1 is 1.22 bits per heavy atom. The van der Waals surface area contributed by atoms with Gasteiger partial charge in [-0.1, -0.05) is 29.3 Å². The first-order chi connectivity index (χ1) is 13.0. The van der Waals surface area contributed by atoms with Gasteiger partial charge in [0.15, 0.2) is 0 Å². The van der Waals surface area contributed by atoms with Crippen LogP contribution in [0.2, 0.25) is 10.0 Å². The quantitative estimate of drug-likeness (QED) is 0.765. The highest BCUT2D eigenvalue weighted by Crippen LogP contribution is 2.28. The molecular weight excluding hydrogens is 390 g/mol. The summed E-state index contributed by atoms with van der Waals surface area (Å²) in [5.41, 5.74) is 0.575. The van der Waals surface area contributed by atoms with Crippen molar-refractivity contribution in [3.63, 3.8) is 0 Å². The molecule has 1 saturated heterocycles. The molecule has 0 spiro atoms. The standard InChI is InChI=1S/C19H21Cl2FN4O/c1-13(14-10-17(22)16(21)11-15(14)20)24-12-19(27)26-8-6-25(7-9-26)18-4-2-3-5-23-18/h2-5,10-11,13,24H,6-9,12H2,1H3/t13-/m0/s1. The summed E-state index contributed by atoms with van der Waals surface area (Å²) in [5, 5.41) is 3.47. The van der Waals surface area contributed by atoms with Crippen LogP contribution in [0.5, 0.6) is 0 Å². The zero-order chi connectivity index (χ0) is 19.4. The highest BCUT2D eigenvalue weighted by molar-refractivity contribution is 6.35. The molecule has 0 aliphatic carbocycles. The minimum atomic E-state index is -0.526. The highest BCUT2D eigenvalue weighted by Gasteiger charge is 2.22. The van der Waals surface area contributed by atoms with E-state index >= 15 is 0 Å². The lowest BCUT2D eigenvalue weighted by Gasteiger charge is -2.35. The lowest BCUT2D eigenvalue weighted by Crippen LogP contribution is -2.51. The molecule has 0 radical (unpaired) electrons. The summed E-state index contributed by atoms with van der Waals surface area (Å²) in [7, 11) is 0. The highest BCUT2D eigenvalue weighted by atomic mass is 35.5. The van der Waals surface area contributed by atoms with Gasteiger partial charge in [-0.2, -0.15) is 0 Å². The third kappa shape index (κ3) is 4.89. The fourth-order valence-corrected chi connectivity index (χ4v) is 3.60. The van der Waals surface area contributed by atoms with Crippen molar-refractivity contribution in [1.82, 2.24) is 15.2 Å². The third-order valence-electron chi connectivity index (χ3n) is 4.67. The van der Waals surface area contributed by atoms with Crippen LogP contribution in [0.25, 0.3) is 0 Å². The Balaban J connectivity index is 1.51. The molecule has 2 aromatic rings. The lowest BCUT2D eigenvalue weighted by atomic mass is 10.1. The van der Waals surface area contributed by atoms with E-state index in [0.29, 0.717) is 23.7 Å². The number of carbonyl (C=O) groups excluding carboxylic acids is 1. The fraction of sp³-hybridized carbons (Fsp3) is 0.368. The SMILES string of the molecule is C[C@H](NCC(=O)N1CCN(c2ccccn2)CC1)c1cc(F)c(Cl)cc1Cl. The monoisotopic (exact) mass is 410 g/mol. The van der Waals surface area contributed by atoms with Gasteiger partial charge in [-0.05, 0) is 36.8 Å². The van der Waals surface area contributed by atoms with E-state index in [9.17, 15) is 9.18 Å². The van der Waals surface area contributed by atoms with Crippen molar-refractivity contribution in [2.75, 3.05) is 37.6 Å². The zero-order valence-electron chi connectivity index (χ0n) is 15.0. The Morgan fingerprint density at radius 2 is 1.96 bits per heavy atom. The van der Waals surface area contributed by atoms with Crippen LogP contribution in [0.15, 0.2) is 36.5 Å². The van der Waals surface area contributed by atoms with Gasteiger partial charge in [-0.25, -0.2) is 9.37 Å². The largest absolute Gasteiger partial charge is 0.353 e. The van der Waals surface area contributed by atoms with Crippen molar-refractivity contribution >= 4 is 34.9 Å². The van der Waals surface area contributed by atoms with Crippen LogP contribution in [0.1, 0.15) is 18.5 Å². The average molecular weight is 411 g/mol. The topological polar surface area (TPSA) is 48.5 Å². The Labute approximate surface area is 168 Å².